The first-order valence-electron chi connectivity index (χ1n) is 9.96. The van der Waals surface area contributed by atoms with E-state index >= 15 is 0 Å². The molecule has 3 aromatic carbocycles. The molecule has 0 saturated carbocycles. The van der Waals surface area contributed by atoms with Gasteiger partial charge in [-0.15, -0.1) is 0 Å². The second-order valence-electron chi connectivity index (χ2n) is 7.50. The monoisotopic (exact) mass is 521 g/mol. The van der Waals surface area contributed by atoms with Crippen molar-refractivity contribution < 1.29 is 4.74 Å². The lowest BCUT2D eigenvalue weighted by Crippen LogP contribution is -2.16. The smallest absolute Gasteiger partial charge is 0.282 e. The van der Waals surface area contributed by atoms with Crippen molar-refractivity contribution in [3.63, 3.8) is 0 Å². The van der Waals surface area contributed by atoms with Crippen molar-refractivity contribution in [1.29, 1.82) is 0 Å². The highest BCUT2D eigenvalue weighted by molar-refractivity contribution is 14.1. The number of benzene rings is 3. The van der Waals surface area contributed by atoms with E-state index < -0.39 is 0 Å². The molecule has 0 N–H and O–H groups in total. The summed E-state index contributed by atoms with van der Waals surface area (Å²) < 4.78 is 10.5. The molecule has 5 rings (SSSR count). The highest BCUT2D eigenvalue weighted by atomic mass is 127. The van der Waals surface area contributed by atoms with Crippen LogP contribution < -0.4 is 10.3 Å². The predicted octanol–water partition coefficient (Wildman–Crippen LogP) is 5.26. The van der Waals surface area contributed by atoms with Crippen molar-refractivity contribution in [2.24, 2.45) is 0 Å². The third kappa shape index (κ3) is 3.40. The topological polar surface area (TPSA) is 49.1 Å². The summed E-state index contributed by atoms with van der Waals surface area (Å²) in [6, 6.07) is 22.1. The number of para-hydroxylation sites is 1. The molecule has 154 valence electrons. The van der Waals surface area contributed by atoms with Crippen LogP contribution in [0.2, 0.25) is 0 Å². The fourth-order valence-electron chi connectivity index (χ4n) is 3.99. The minimum absolute atomic E-state index is 0.131. The molecule has 0 unspecified atom stereocenters. The maximum absolute atomic E-state index is 13.4. The number of fused-ring (bicyclic) bond motifs is 3. The molecular weight excluding hydrogens is 501 g/mol. The van der Waals surface area contributed by atoms with Gasteiger partial charge in [-0.3, -0.25) is 4.79 Å². The van der Waals surface area contributed by atoms with E-state index in [-0.39, 0.29) is 5.56 Å². The standard InChI is InChI=1S/C25H20IN3O2/c1-16-6-3-4-7-20(16)29-25(30)19-15-28(14-17-10-12-18(26)13-11-17)21-8-5-9-22(31-2)23(21)24(19)27-29/h3-13,15H,14H2,1-2H3. The SMILES string of the molecule is COc1cccc2c1c1nn(-c3ccccc3C)c(=O)c-1cn2Cc1ccc(I)cc1. The van der Waals surface area contributed by atoms with Crippen LogP contribution in [0.1, 0.15) is 11.1 Å². The summed E-state index contributed by atoms with van der Waals surface area (Å²) in [6.45, 7) is 2.63. The summed E-state index contributed by atoms with van der Waals surface area (Å²) in [6.07, 6.45) is 1.92. The number of ether oxygens (including phenoxy) is 1. The van der Waals surface area contributed by atoms with Crippen molar-refractivity contribution in [1.82, 2.24) is 14.3 Å². The minimum Gasteiger partial charge on any atom is -0.496 e. The first-order valence-corrected chi connectivity index (χ1v) is 11.0. The lowest BCUT2D eigenvalue weighted by molar-refractivity contribution is 0.419. The second-order valence-corrected chi connectivity index (χ2v) is 8.75. The largest absolute Gasteiger partial charge is 0.496 e. The number of pyridine rings is 1. The van der Waals surface area contributed by atoms with Gasteiger partial charge in [0.05, 0.1) is 29.3 Å². The molecule has 2 aliphatic rings. The van der Waals surface area contributed by atoms with Crippen LogP contribution >= 0.6 is 22.6 Å². The normalized spacial score (nSPS) is 11.3. The summed E-state index contributed by atoms with van der Waals surface area (Å²) in [5.74, 6) is 0.703. The minimum atomic E-state index is -0.131. The predicted molar refractivity (Wildman–Crippen MR) is 132 cm³/mol. The van der Waals surface area contributed by atoms with E-state index in [4.69, 9.17) is 9.84 Å². The van der Waals surface area contributed by atoms with Crippen LogP contribution in [0.4, 0.5) is 0 Å². The molecule has 0 aliphatic carbocycles. The van der Waals surface area contributed by atoms with Crippen LogP contribution in [0, 0.1) is 10.5 Å². The fourth-order valence-corrected chi connectivity index (χ4v) is 4.35. The van der Waals surface area contributed by atoms with Gasteiger partial charge in [0, 0.05) is 16.3 Å². The zero-order chi connectivity index (χ0) is 21.5. The number of halogens is 1. The Morgan fingerprint density at radius 2 is 1.77 bits per heavy atom. The molecule has 0 fully saturated rings. The number of hydrogen-bond donors (Lipinski definition) is 0. The van der Waals surface area contributed by atoms with Gasteiger partial charge in [-0.25, -0.2) is 0 Å². The molecule has 6 heteroatoms. The van der Waals surface area contributed by atoms with Crippen molar-refractivity contribution in [2.45, 2.75) is 13.5 Å². The Bertz CT molecular complexity index is 1430. The van der Waals surface area contributed by atoms with Gasteiger partial charge in [-0.05, 0) is 71.0 Å². The Morgan fingerprint density at radius 3 is 2.52 bits per heavy atom. The lowest BCUT2D eigenvalue weighted by atomic mass is 10.1. The third-order valence-electron chi connectivity index (χ3n) is 5.54. The van der Waals surface area contributed by atoms with Crippen LogP contribution in [0.25, 0.3) is 27.8 Å². The highest BCUT2D eigenvalue weighted by Crippen LogP contribution is 2.35. The van der Waals surface area contributed by atoms with Crippen LogP contribution in [-0.4, -0.2) is 21.5 Å². The molecule has 0 bridgehead atoms. The van der Waals surface area contributed by atoms with Gasteiger partial charge in [-0.1, -0.05) is 36.4 Å². The van der Waals surface area contributed by atoms with E-state index in [0.29, 0.717) is 23.6 Å². The maximum Gasteiger partial charge on any atom is 0.282 e. The van der Waals surface area contributed by atoms with Gasteiger partial charge in [-0.2, -0.15) is 9.78 Å². The highest BCUT2D eigenvalue weighted by Gasteiger charge is 2.23. The van der Waals surface area contributed by atoms with Crippen molar-refractivity contribution in [3.05, 3.63) is 98.0 Å². The zero-order valence-corrected chi connectivity index (χ0v) is 19.3. The molecule has 0 atom stereocenters. The maximum atomic E-state index is 13.4. The van der Waals surface area contributed by atoms with Crippen molar-refractivity contribution in [3.8, 4) is 22.7 Å². The second kappa shape index (κ2) is 7.85. The number of rotatable bonds is 4. The summed E-state index contributed by atoms with van der Waals surface area (Å²) in [7, 11) is 1.65. The summed E-state index contributed by atoms with van der Waals surface area (Å²) in [5.41, 5.74) is 5.01. The zero-order valence-electron chi connectivity index (χ0n) is 17.2. The average Bonchev–Trinajstić information content (AvgIpc) is 3.11. The van der Waals surface area contributed by atoms with Gasteiger partial charge >= 0.3 is 0 Å². The molecule has 31 heavy (non-hydrogen) atoms. The molecule has 5 nitrogen and oxygen atoms in total. The number of methoxy groups -OCH3 is 1. The molecule has 0 amide bonds. The Balaban J connectivity index is 1.81. The molecule has 2 heterocycles. The molecule has 2 aliphatic heterocycles. The van der Waals surface area contributed by atoms with Gasteiger partial charge in [0.1, 0.15) is 11.4 Å². The number of hydrogen-bond acceptors (Lipinski definition) is 3. The molecule has 0 spiro atoms. The number of aromatic nitrogens is 3. The van der Waals surface area contributed by atoms with E-state index in [2.05, 4.69) is 51.4 Å². The van der Waals surface area contributed by atoms with Crippen molar-refractivity contribution in [2.75, 3.05) is 7.11 Å². The third-order valence-corrected chi connectivity index (χ3v) is 6.26. The van der Waals surface area contributed by atoms with E-state index in [1.54, 1.807) is 7.11 Å². The van der Waals surface area contributed by atoms with Gasteiger partial charge in [0.2, 0.25) is 0 Å². The Kier molecular flexibility index (Phi) is 5.02. The summed E-state index contributed by atoms with van der Waals surface area (Å²) in [5, 5.41) is 5.59. The van der Waals surface area contributed by atoms with E-state index in [1.807, 2.05) is 55.6 Å². The Labute approximate surface area is 193 Å². The van der Waals surface area contributed by atoms with Gasteiger partial charge < -0.3 is 9.30 Å². The molecule has 0 radical (unpaired) electrons. The number of nitrogens with zero attached hydrogens (tertiary/aromatic N) is 3. The first-order chi connectivity index (χ1) is 15.1. The van der Waals surface area contributed by atoms with Crippen LogP contribution in [0.15, 0.2) is 77.7 Å². The summed E-state index contributed by atoms with van der Waals surface area (Å²) >= 11 is 2.30. The molecule has 0 saturated heterocycles. The molecular formula is C25H20IN3O2. The lowest BCUT2D eigenvalue weighted by Gasteiger charge is -2.16. The van der Waals surface area contributed by atoms with Gasteiger partial charge in [0.15, 0.2) is 0 Å². The van der Waals surface area contributed by atoms with Crippen molar-refractivity contribution >= 4 is 33.5 Å². The van der Waals surface area contributed by atoms with E-state index in [9.17, 15) is 4.79 Å². The van der Waals surface area contributed by atoms with Crippen LogP contribution in [0.5, 0.6) is 5.75 Å². The summed E-state index contributed by atoms with van der Waals surface area (Å²) in [4.78, 5) is 13.4. The van der Waals surface area contributed by atoms with E-state index in [0.717, 1.165) is 27.7 Å². The molecule has 0 aromatic heterocycles. The van der Waals surface area contributed by atoms with Crippen LogP contribution in [-0.2, 0) is 6.54 Å². The average molecular weight is 521 g/mol. The van der Waals surface area contributed by atoms with Crippen LogP contribution in [0.3, 0.4) is 0 Å². The Hall–Kier alpha value is -3.13. The number of aryl methyl sites for hydroxylation is 1. The molecule has 3 aromatic rings. The van der Waals surface area contributed by atoms with E-state index in [1.165, 1.54) is 8.25 Å². The Morgan fingerprint density at radius 1 is 1.00 bits per heavy atom. The quantitative estimate of drug-likeness (QED) is 0.303. The fraction of sp³-hybridized carbons (Fsp3) is 0.120. The first kappa shape index (κ1) is 19.8. The van der Waals surface area contributed by atoms with Gasteiger partial charge in [0.25, 0.3) is 5.56 Å².